The zero-order valence-electron chi connectivity index (χ0n) is 10.7. The Hall–Kier alpha value is -2.14. The lowest BCUT2D eigenvalue weighted by atomic mass is 10.1. The highest BCUT2D eigenvalue weighted by Crippen LogP contribution is 2.37. The van der Waals surface area contributed by atoms with Crippen molar-refractivity contribution in [2.45, 2.75) is 12.5 Å². The molecule has 5 heteroatoms. The Balaban J connectivity index is 1.91. The van der Waals surface area contributed by atoms with Gasteiger partial charge in [0.1, 0.15) is 23.5 Å². The van der Waals surface area contributed by atoms with Crippen LogP contribution in [-0.2, 0) is 6.42 Å². The maximum absolute atomic E-state index is 13.2. The molecule has 2 aromatic rings. The molecule has 0 radical (unpaired) electrons. The summed E-state index contributed by atoms with van der Waals surface area (Å²) in [6, 6.07) is 8.94. The van der Waals surface area contributed by atoms with Gasteiger partial charge in [0, 0.05) is 30.3 Å². The summed E-state index contributed by atoms with van der Waals surface area (Å²) in [5.41, 5.74) is 7.68. The number of benzene rings is 2. The third-order valence-electron chi connectivity index (χ3n) is 3.23. The van der Waals surface area contributed by atoms with Crippen LogP contribution in [0.3, 0.4) is 0 Å². The zero-order chi connectivity index (χ0) is 14.1. The van der Waals surface area contributed by atoms with E-state index in [2.05, 4.69) is 5.32 Å². The lowest BCUT2D eigenvalue weighted by molar-refractivity contribution is 0.242. The molecule has 0 bridgehead atoms. The summed E-state index contributed by atoms with van der Waals surface area (Å²) >= 11 is 0. The number of para-hydroxylation sites is 1. The summed E-state index contributed by atoms with van der Waals surface area (Å²) in [6.07, 6.45) is 0.705. The molecule has 1 aliphatic rings. The number of nitrogens with two attached hydrogens (primary N) is 1. The maximum Gasteiger partial charge on any atom is 0.146 e. The largest absolute Gasteiger partial charge is 0.486 e. The van der Waals surface area contributed by atoms with Gasteiger partial charge in [-0.25, -0.2) is 8.78 Å². The third kappa shape index (κ3) is 2.44. The van der Waals surface area contributed by atoms with Gasteiger partial charge in [-0.3, -0.25) is 0 Å². The fraction of sp³-hybridized carbons (Fsp3) is 0.200. The lowest BCUT2D eigenvalue weighted by Crippen LogP contribution is -2.24. The van der Waals surface area contributed by atoms with Crippen molar-refractivity contribution in [2.24, 2.45) is 5.73 Å². The van der Waals surface area contributed by atoms with E-state index in [4.69, 9.17) is 10.5 Å². The quantitative estimate of drug-likeness (QED) is 0.906. The molecule has 0 aliphatic carbocycles. The van der Waals surface area contributed by atoms with Gasteiger partial charge in [-0.2, -0.15) is 0 Å². The minimum atomic E-state index is -0.624. The first kappa shape index (κ1) is 12.9. The van der Waals surface area contributed by atoms with Gasteiger partial charge >= 0.3 is 0 Å². The summed E-state index contributed by atoms with van der Waals surface area (Å²) < 4.78 is 32.1. The second kappa shape index (κ2) is 5.09. The number of ether oxygens (including phenoxy) is 1. The van der Waals surface area contributed by atoms with Crippen LogP contribution in [0.5, 0.6) is 5.75 Å². The van der Waals surface area contributed by atoms with Crippen molar-refractivity contribution < 1.29 is 13.5 Å². The Bertz CT molecular complexity index is 626. The highest BCUT2D eigenvalue weighted by atomic mass is 19.1. The number of nitrogens with one attached hydrogen (secondary N) is 1. The molecular formula is C15H14F2N2O. The summed E-state index contributed by atoms with van der Waals surface area (Å²) in [5.74, 6) is -0.547. The van der Waals surface area contributed by atoms with Gasteiger partial charge in [0.2, 0.25) is 0 Å². The van der Waals surface area contributed by atoms with E-state index >= 15 is 0 Å². The monoisotopic (exact) mass is 276 g/mol. The van der Waals surface area contributed by atoms with Crippen LogP contribution in [0.4, 0.5) is 20.2 Å². The molecule has 1 aliphatic heterocycles. The molecule has 3 N–H and O–H groups in total. The van der Waals surface area contributed by atoms with E-state index in [-0.39, 0.29) is 6.10 Å². The van der Waals surface area contributed by atoms with Crippen molar-refractivity contribution in [3.05, 3.63) is 53.6 Å². The van der Waals surface area contributed by atoms with Crippen LogP contribution in [0.15, 0.2) is 36.4 Å². The molecule has 0 spiro atoms. The fourth-order valence-corrected chi connectivity index (χ4v) is 2.35. The van der Waals surface area contributed by atoms with Crippen molar-refractivity contribution >= 4 is 11.4 Å². The van der Waals surface area contributed by atoms with Crippen LogP contribution in [0.1, 0.15) is 5.56 Å². The maximum atomic E-state index is 13.2. The molecule has 3 nitrogen and oxygen atoms in total. The van der Waals surface area contributed by atoms with Gasteiger partial charge in [-0.1, -0.05) is 12.1 Å². The lowest BCUT2D eigenvalue weighted by Gasteiger charge is -2.12. The molecule has 104 valence electrons. The van der Waals surface area contributed by atoms with E-state index in [1.54, 1.807) is 6.07 Å². The summed E-state index contributed by atoms with van der Waals surface area (Å²) in [5, 5.41) is 2.98. The molecule has 1 unspecified atom stereocenters. The molecule has 0 fully saturated rings. The van der Waals surface area contributed by atoms with E-state index in [9.17, 15) is 8.78 Å². The van der Waals surface area contributed by atoms with Gasteiger partial charge in [0.25, 0.3) is 0 Å². The smallest absolute Gasteiger partial charge is 0.146 e. The summed E-state index contributed by atoms with van der Waals surface area (Å²) in [7, 11) is 0. The van der Waals surface area contributed by atoms with Crippen molar-refractivity contribution in [2.75, 3.05) is 11.9 Å². The van der Waals surface area contributed by atoms with E-state index in [0.29, 0.717) is 23.7 Å². The molecule has 3 rings (SSSR count). The van der Waals surface area contributed by atoms with Crippen LogP contribution in [0.25, 0.3) is 0 Å². The van der Waals surface area contributed by atoms with Crippen molar-refractivity contribution in [3.8, 4) is 5.75 Å². The standard InChI is InChI=1S/C15H14F2N2O/c16-10-5-11(17)7-12(6-10)19-14-3-1-2-9-4-13(8-18)20-15(9)14/h1-3,5-7,13,19H,4,8,18H2. The highest BCUT2D eigenvalue weighted by molar-refractivity contribution is 5.69. The Kier molecular flexibility index (Phi) is 3.28. The molecule has 0 aromatic heterocycles. The number of rotatable bonds is 3. The van der Waals surface area contributed by atoms with Crippen LogP contribution in [0, 0.1) is 11.6 Å². The Labute approximate surface area is 115 Å². The Morgan fingerprint density at radius 3 is 2.65 bits per heavy atom. The van der Waals surface area contributed by atoms with Gasteiger partial charge in [-0.15, -0.1) is 0 Å². The number of halogens is 2. The molecular weight excluding hydrogens is 262 g/mol. The second-order valence-electron chi connectivity index (χ2n) is 4.76. The molecule has 0 saturated carbocycles. The average molecular weight is 276 g/mol. The van der Waals surface area contributed by atoms with E-state index in [1.807, 2.05) is 12.1 Å². The molecule has 0 amide bonds. The zero-order valence-corrected chi connectivity index (χ0v) is 10.7. The second-order valence-corrected chi connectivity index (χ2v) is 4.76. The number of anilines is 2. The fourth-order valence-electron chi connectivity index (χ4n) is 2.35. The Morgan fingerprint density at radius 2 is 1.95 bits per heavy atom. The topological polar surface area (TPSA) is 47.3 Å². The van der Waals surface area contributed by atoms with Crippen LogP contribution >= 0.6 is 0 Å². The normalized spacial score (nSPS) is 16.6. The first-order chi connectivity index (χ1) is 9.65. The number of hydrogen-bond acceptors (Lipinski definition) is 3. The summed E-state index contributed by atoms with van der Waals surface area (Å²) in [4.78, 5) is 0. The minimum absolute atomic E-state index is 0.0443. The Morgan fingerprint density at radius 1 is 1.20 bits per heavy atom. The van der Waals surface area contributed by atoms with E-state index < -0.39 is 11.6 Å². The average Bonchev–Trinajstić information content (AvgIpc) is 2.81. The number of hydrogen-bond donors (Lipinski definition) is 2. The highest BCUT2D eigenvalue weighted by Gasteiger charge is 2.24. The van der Waals surface area contributed by atoms with Crippen molar-refractivity contribution in [3.63, 3.8) is 0 Å². The predicted molar refractivity (Wildman–Crippen MR) is 73.3 cm³/mol. The molecule has 1 heterocycles. The SMILES string of the molecule is NCC1Cc2cccc(Nc3cc(F)cc(F)c3)c2O1. The summed E-state index contributed by atoms with van der Waals surface area (Å²) in [6.45, 7) is 0.433. The molecule has 20 heavy (non-hydrogen) atoms. The predicted octanol–water partition coefficient (Wildman–Crippen LogP) is 2.97. The molecule has 2 aromatic carbocycles. The molecule has 0 saturated heterocycles. The first-order valence-electron chi connectivity index (χ1n) is 6.37. The van der Waals surface area contributed by atoms with Crippen LogP contribution in [0.2, 0.25) is 0 Å². The van der Waals surface area contributed by atoms with E-state index in [0.717, 1.165) is 18.1 Å². The third-order valence-corrected chi connectivity index (χ3v) is 3.23. The van der Waals surface area contributed by atoms with Gasteiger partial charge in [0.15, 0.2) is 0 Å². The van der Waals surface area contributed by atoms with Gasteiger partial charge in [0.05, 0.1) is 5.69 Å². The van der Waals surface area contributed by atoms with Gasteiger partial charge in [-0.05, 0) is 18.2 Å². The molecule has 1 atom stereocenters. The van der Waals surface area contributed by atoms with Crippen LogP contribution in [-0.4, -0.2) is 12.6 Å². The van der Waals surface area contributed by atoms with Gasteiger partial charge < -0.3 is 15.8 Å². The van der Waals surface area contributed by atoms with Crippen LogP contribution < -0.4 is 15.8 Å². The number of fused-ring (bicyclic) bond motifs is 1. The first-order valence-corrected chi connectivity index (χ1v) is 6.37. The van der Waals surface area contributed by atoms with Crippen molar-refractivity contribution in [1.82, 2.24) is 0 Å². The van der Waals surface area contributed by atoms with Crippen molar-refractivity contribution in [1.29, 1.82) is 0 Å². The minimum Gasteiger partial charge on any atom is -0.486 e. The van der Waals surface area contributed by atoms with E-state index in [1.165, 1.54) is 12.1 Å².